The van der Waals surface area contributed by atoms with Gasteiger partial charge in [-0.15, -0.1) is 0 Å². The number of hydrogen-bond acceptors (Lipinski definition) is 2. The highest BCUT2D eigenvalue weighted by atomic mass is 16.2. The average molecular weight is 487 g/mol. The number of rotatable bonds is 6. The van der Waals surface area contributed by atoms with Gasteiger partial charge in [0, 0.05) is 35.3 Å². The van der Waals surface area contributed by atoms with Crippen LogP contribution in [0.3, 0.4) is 0 Å². The van der Waals surface area contributed by atoms with Crippen LogP contribution in [-0.4, -0.2) is 23.9 Å². The molecule has 2 amide bonds. The molecule has 0 heterocycles. The van der Waals surface area contributed by atoms with E-state index in [-0.39, 0.29) is 35.7 Å². The molecular formula is C32H42N2O2. The molecule has 0 saturated heterocycles. The molecule has 0 aliphatic heterocycles. The van der Waals surface area contributed by atoms with E-state index in [1.54, 1.807) is 0 Å². The van der Waals surface area contributed by atoms with Gasteiger partial charge in [-0.2, -0.15) is 0 Å². The number of hydrogen-bond donors (Lipinski definition) is 0. The van der Waals surface area contributed by atoms with Gasteiger partial charge in [-0.3, -0.25) is 9.59 Å². The van der Waals surface area contributed by atoms with E-state index in [1.165, 1.54) is 38.5 Å². The first-order valence-electron chi connectivity index (χ1n) is 14.5. The molecule has 0 aromatic heterocycles. The Hall–Kier alpha value is -2.62. The first kappa shape index (κ1) is 25.0. The maximum absolute atomic E-state index is 14.1. The molecule has 4 heteroatoms. The van der Waals surface area contributed by atoms with E-state index >= 15 is 0 Å². The summed E-state index contributed by atoms with van der Waals surface area (Å²) in [6.07, 6.45) is 15.1. The second kappa shape index (κ2) is 12.1. The number of nitrogens with zero attached hydrogens (tertiary/aromatic N) is 2. The predicted molar refractivity (Wildman–Crippen MR) is 147 cm³/mol. The second-order valence-electron chi connectivity index (χ2n) is 11.2. The summed E-state index contributed by atoms with van der Waals surface area (Å²) in [5.41, 5.74) is 2.05. The molecule has 2 unspecified atom stereocenters. The molecule has 2 atom stereocenters. The van der Waals surface area contributed by atoms with Gasteiger partial charge < -0.3 is 9.80 Å². The molecule has 3 fully saturated rings. The van der Waals surface area contributed by atoms with Gasteiger partial charge in [-0.25, -0.2) is 0 Å². The third kappa shape index (κ3) is 5.68. The van der Waals surface area contributed by atoms with Gasteiger partial charge in [0.25, 0.3) is 0 Å². The van der Waals surface area contributed by atoms with Gasteiger partial charge in [-0.05, 0) is 69.2 Å². The molecule has 0 spiro atoms. The van der Waals surface area contributed by atoms with E-state index in [0.717, 1.165) is 56.3 Å². The van der Waals surface area contributed by atoms with Crippen molar-refractivity contribution in [3.63, 3.8) is 0 Å². The first-order chi connectivity index (χ1) is 17.7. The lowest BCUT2D eigenvalue weighted by Crippen LogP contribution is -2.48. The summed E-state index contributed by atoms with van der Waals surface area (Å²) >= 11 is 0. The lowest BCUT2D eigenvalue weighted by atomic mass is 9.78. The van der Waals surface area contributed by atoms with Crippen molar-refractivity contribution < 1.29 is 9.59 Å². The smallest absolute Gasteiger partial charge is 0.230 e. The summed E-state index contributed by atoms with van der Waals surface area (Å²) in [4.78, 5) is 32.5. The lowest BCUT2D eigenvalue weighted by molar-refractivity contribution is -0.128. The van der Waals surface area contributed by atoms with Crippen LogP contribution in [0.1, 0.15) is 89.9 Å². The maximum Gasteiger partial charge on any atom is 0.230 e. The van der Waals surface area contributed by atoms with E-state index in [4.69, 9.17) is 0 Å². The van der Waals surface area contributed by atoms with Gasteiger partial charge in [0.05, 0.1) is 0 Å². The summed E-state index contributed by atoms with van der Waals surface area (Å²) in [5, 5.41) is 0. The Bertz CT molecular complexity index is 900. The Kier molecular flexibility index (Phi) is 8.40. The second-order valence-corrected chi connectivity index (χ2v) is 11.2. The third-order valence-corrected chi connectivity index (χ3v) is 8.80. The Labute approximate surface area is 217 Å². The zero-order valence-corrected chi connectivity index (χ0v) is 21.7. The summed E-state index contributed by atoms with van der Waals surface area (Å²) in [6.45, 7) is 0. The van der Waals surface area contributed by atoms with Crippen molar-refractivity contribution in [2.75, 3.05) is 9.80 Å². The Morgan fingerprint density at radius 3 is 1.28 bits per heavy atom. The van der Waals surface area contributed by atoms with Crippen LogP contribution in [0, 0.1) is 11.8 Å². The number of amides is 2. The largest absolute Gasteiger partial charge is 0.309 e. The SMILES string of the molecule is O=C(C1CCCC(C(=O)N(c2ccccc2)C2CCCCC2)C1)N(c1ccccc1)C1CCCCC1. The van der Waals surface area contributed by atoms with Crippen LogP contribution in [0.2, 0.25) is 0 Å². The van der Waals surface area contributed by atoms with E-state index < -0.39 is 0 Å². The highest BCUT2D eigenvalue weighted by Crippen LogP contribution is 2.37. The minimum absolute atomic E-state index is 0.0705. The van der Waals surface area contributed by atoms with Gasteiger partial charge in [-0.1, -0.05) is 81.3 Å². The summed E-state index contributed by atoms with van der Waals surface area (Å²) < 4.78 is 0. The monoisotopic (exact) mass is 486 g/mol. The average Bonchev–Trinajstić information content (AvgIpc) is 2.96. The number of anilines is 2. The standard InChI is InChI=1S/C32H42N2O2/c35-31(33(27-16-5-1-6-17-27)28-18-7-2-8-19-28)25-14-13-15-26(24-25)32(36)34(29-20-9-3-10-21-29)30-22-11-4-12-23-30/h1,3,5-6,9-10,16-17,20-21,25-26,28,30H,2,4,7-8,11-15,18-19,22-24H2. The van der Waals surface area contributed by atoms with Crippen molar-refractivity contribution in [1.29, 1.82) is 0 Å². The topological polar surface area (TPSA) is 40.6 Å². The molecule has 3 aliphatic carbocycles. The van der Waals surface area contributed by atoms with Gasteiger partial charge >= 0.3 is 0 Å². The highest BCUT2D eigenvalue weighted by molar-refractivity contribution is 5.98. The molecule has 0 bridgehead atoms. The van der Waals surface area contributed by atoms with Crippen molar-refractivity contribution in [1.82, 2.24) is 0 Å². The molecule has 4 nitrogen and oxygen atoms in total. The van der Waals surface area contributed by atoms with Crippen LogP contribution >= 0.6 is 0 Å². The van der Waals surface area contributed by atoms with Gasteiger partial charge in [0.1, 0.15) is 0 Å². The van der Waals surface area contributed by atoms with Crippen molar-refractivity contribution in [2.24, 2.45) is 11.8 Å². The first-order valence-corrected chi connectivity index (χ1v) is 14.5. The molecule has 36 heavy (non-hydrogen) atoms. The van der Waals surface area contributed by atoms with E-state index in [2.05, 4.69) is 34.1 Å². The van der Waals surface area contributed by atoms with Crippen LogP contribution in [0.4, 0.5) is 11.4 Å². The van der Waals surface area contributed by atoms with Crippen molar-refractivity contribution in [2.45, 2.75) is 102 Å². The number of para-hydroxylation sites is 2. The molecule has 3 saturated carbocycles. The Morgan fingerprint density at radius 1 is 0.500 bits per heavy atom. The van der Waals surface area contributed by atoms with E-state index in [1.807, 2.05) is 36.4 Å². The minimum Gasteiger partial charge on any atom is -0.309 e. The lowest BCUT2D eigenvalue weighted by Gasteiger charge is -2.40. The van der Waals surface area contributed by atoms with Crippen molar-refractivity contribution >= 4 is 23.2 Å². The molecule has 3 aliphatic rings. The summed E-state index contributed by atoms with van der Waals surface area (Å²) in [5.74, 6) is 0.349. The van der Waals surface area contributed by atoms with Crippen molar-refractivity contribution in [3.05, 3.63) is 60.7 Å². The molecule has 5 rings (SSSR count). The van der Waals surface area contributed by atoms with Crippen LogP contribution < -0.4 is 9.80 Å². The molecule has 192 valence electrons. The van der Waals surface area contributed by atoms with E-state index in [9.17, 15) is 9.59 Å². The molecule has 0 N–H and O–H groups in total. The Balaban J connectivity index is 1.36. The fourth-order valence-electron chi connectivity index (χ4n) is 6.92. The predicted octanol–water partition coefficient (Wildman–Crippen LogP) is 7.52. The number of carbonyl (C=O) groups excluding carboxylic acids is 2. The number of carbonyl (C=O) groups is 2. The third-order valence-electron chi connectivity index (χ3n) is 8.80. The van der Waals surface area contributed by atoms with E-state index in [0.29, 0.717) is 6.42 Å². The minimum atomic E-state index is -0.0705. The van der Waals surface area contributed by atoms with Crippen molar-refractivity contribution in [3.8, 4) is 0 Å². The highest BCUT2D eigenvalue weighted by Gasteiger charge is 2.39. The molecule has 2 aromatic carbocycles. The normalized spacial score (nSPS) is 23.7. The van der Waals surface area contributed by atoms with Crippen LogP contribution in [0.5, 0.6) is 0 Å². The fraction of sp³-hybridized carbons (Fsp3) is 0.562. The van der Waals surface area contributed by atoms with Gasteiger partial charge in [0.2, 0.25) is 11.8 Å². The summed E-state index contributed by atoms with van der Waals surface area (Å²) in [6, 6.07) is 21.1. The van der Waals surface area contributed by atoms with Crippen LogP contribution in [0.15, 0.2) is 60.7 Å². The van der Waals surface area contributed by atoms with Gasteiger partial charge in [0.15, 0.2) is 0 Å². The zero-order valence-electron chi connectivity index (χ0n) is 21.7. The molecule has 2 aromatic rings. The summed E-state index contributed by atoms with van der Waals surface area (Å²) in [7, 11) is 0. The quantitative estimate of drug-likeness (QED) is 0.423. The molecular weight excluding hydrogens is 444 g/mol. The van der Waals surface area contributed by atoms with Crippen LogP contribution in [0.25, 0.3) is 0 Å². The Morgan fingerprint density at radius 2 is 0.889 bits per heavy atom. The molecule has 0 radical (unpaired) electrons. The maximum atomic E-state index is 14.1. The zero-order chi connectivity index (χ0) is 24.7. The fourth-order valence-corrected chi connectivity index (χ4v) is 6.92. The van der Waals surface area contributed by atoms with Crippen LogP contribution in [-0.2, 0) is 9.59 Å². The number of benzene rings is 2.